The first-order valence-corrected chi connectivity index (χ1v) is 5.96. The zero-order valence-electron chi connectivity index (χ0n) is 9.15. The Hall–Kier alpha value is -0.740. The molecule has 1 aromatic carbocycles. The Kier molecular flexibility index (Phi) is 3.64. The predicted octanol–water partition coefficient (Wildman–Crippen LogP) is 4.17. The first kappa shape index (κ1) is 12.7. The van der Waals surface area contributed by atoms with Crippen LogP contribution in [0.5, 0.6) is 0 Å². The molecular formula is C12H13ClF3N. The molecule has 1 N–H and O–H groups in total. The van der Waals surface area contributed by atoms with Crippen LogP contribution in [0.4, 0.5) is 13.2 Å². The van der Waals surface area contributed by atoms with Crippen LogP contribution in [-0.2, 0) is 6.18 Å². The summed E-state index contributed by atoms with van der Waals surface area (Å²) in [5.41, 5.74) is -0.0783. The largest absolute Gasteiger partial charge is 0.417 e. The van der Waals surface area contributed by atoms with E-state index in [1.165, 1.54) is 6.07 Å². The molecule has 94 valence electrons. The molecule has 0 bridgehead atoms. The van der Waals surface area contributed by atoms with Gasteiger partial charge in [0.1, 0.15) is 0 Å². The van der Waals surface area contributed by atoms with Gasteiger partial charge in [0.25, 0.3) is 0 Å². The van der Waals surface area contributed by atoms with E-state index < -0.39 is 11.7 Å². The number of rotatable bonds is 1. The van der Waals surface area contributed by atoms with Gasteiger partial charge >= 0.3 is 6.18 Å². The van der Waals surface area contributed by atoms with Crippen molar-refractivity contribution in [2.45, 2.75) is 31.5 Å². The number of benzene rings is 1. The topological polar surface area (TPSA) is 12.0 Å². The molecular weight excluding hydrogens is 251 g/mol. The summed E-state index contributed by atoms with van der Waals surface area (Å²) in [6.45, 7) is 0.856. The Morgan fingerprint density at radius 1 is 1.24 bits per heavy atom. The smallest absolute Gasteiger partial charge is 0.310 e. The normalized spacial score (nSPS) is 21.5. The maximum absolute atomic E-state index is 12.7. The second-order valence-electron chi connectivity index (χ2n) is 4.24. The fraction of sp³-hybridized carbons (Fsp3) is 0.500. The number of piperidine rings is 1. The number of hydrogen-bond acceptors (Lipinski definition) is 1. The van der Waals surface area contributed by atoms with E-state index in [2.05, 4.69) is 5.32 Å². The number of hydrogen-bond donors (Lipinski definition) is 1. The first-order valence-electron chi connectivity index (χ1n) is 5.58. The highest BCUT2D eigenvalue weighted by molar-refractivity contribution is 6.31. The summed E-state index contributed by atoms with van der Waals surface area (Å²) in [6, 6.07) is 4.17. The van der Waals surface area contributed by atoms with Crippen LogP contribution < -0.4 is 5.32 Å². The zero-order chi connectivity index (χ0) is 12.5. The highest BCUT2D eigenvalue weighted by atomic mass is 35.5. The Morgan fingerprint density at radius 2 is 2.00 bits per heavy atom. The summed E-state index contributed by atoms with van der Waals surface area (Å²) in [6.07, 6.45) is -1.39. The summed E-state index contributed by atoms with van der Waals surface area (Å²) < 4.78 is 38.1. The van der Waals surface area contributed by atoms with Crippen molar-refractivity contribution in [2.75, 3.05) is 6.54 Å². The second kappa shape index (κ2) is 4.86. The lowest BCUT2D eigenvalue weighted by molar-refractivity contribution is -0.137. The van der Waals surface area contributed by atoms with Crippen molar-refractivity contribution in [1.82, 2.24) is 5.32 Å². The van der Waals surface area contributed by atoms with E-state index in [-0.39, 0.29) is 11.1 Å². The van der Waals surface area contributed by atoms with Crippen LogP contribution in [0.25, 0.3) is 0 Å². The van der Waals surface area contributed by atoms with Gasteiger partial charge < -0.3 is 5.32 Å². The standard InChI is InChI=1S/C12H13ClF3N/c13-10-5-4-8(7-9(10)12(14,15)16)11-3-1-2-6-17-11/h4-5,7,11,17H,1-3,6H2/t11-/m0/s1. The fourth-order valence-electron chi connectivity index (χ4n) is 2.11. The van der Waals surface area contributed by atoms with Gasteiger partial charge in [-0.25, -0.2) is 0 Å². The van der Waals surface area contributed by atoms with Gasteiger partial charge in [0.2, 0.25) is 0 Å². The Labute approximate surface area is 103 Å². The summed E-state index contributed by atoms with van der Waals surface area (Å²) in [5.74, 6) is 0. The number of alkyl halides is 3. The molecule has 5 heteroatoms. The Balaban J connectivity index is 2.30. The molecule has 1 nitrogen and oxygen atoms in total. The van der Waals surface area contributed by atoms with Crippen LogP contribution in [0.2, 0.25) is 5.02 Å². The predicted molar refractivity (Wildman–Crippen MR) is 61.0 cm³/mol. The molecule has 1 saturated heterocycles. The molecule has 0 radical (unpaired) electrons. The third-order valence-corrected chi connectivity index (χ3v) is 3.34. The molecule has 1 aliphatic rings. The fourth-order valence-corrected chi connectivity index (χ4v) is 2.34. The first-order chi connectivity index (χ1) is 7.98. The van der Waals surface area contributed by atoms with E-state index in [1.807, 2.05) is 0 Å². The Bertz CT molecular complexity index is 397. The van der Waals surface area contributed by atoms with E-state index in [1.54, 1.807) is 6.07 Å². The molecule has 1 fully saturated rings. The average molecular weight is 264 g/mol. The quantitative estimate of drug-likeness (QED) is 0.802. The van der Waals surface area contributed by atoms with Crippen molar-refractivity contribution in [2.24, 2.45) is 0 Å². The molecule has 0 aromatic heterocycles. The van der Waals surface area contributed by atoms with Gasteiger partial charge in [-0.1, -0.05) is 24.1 Å². The maximum atomic E-state index is 12.7. The van der Waals surface area contributed by atoms with E-state index in [0.717, 1.165) is 31.9 Å². The van der Waals surface area contributed by atoms with Crippen molar-refractivity contribution >= 4 is 11.6 Å². The maximum Gasteiger partial charge on any atom is 0.417 e. The van der Waals surface area contributed by atoms with Crippen molar-refractivity contribution in [3.8, 4) is 0 Å². The highest BCUT2D eigenvalue weighted by Gasteiger charge is 2.33. The van der Waals surface area contributed by atoms with Gasteiger partial charge in [-0.2, -0.15) is 13.2 Å². The number of nitrogens with one attached hydrogen (secondary N) is 1. The molecule has 0 unspecified atom stereocenters. The van der Waals surface area contributed by atoms with Gasteiger partial charge in [-0.3, -0.25) is 0 Å². The van der Waals surface area contributed by atoms with Crippen molar-refractivity contribution in [3.05, 3.63) is 34.3 Å². The van der Waals surface area contributed by atoms with Crippen LogP contribution in [0.3, 0.4) is 0 Å². The molecule has 0 spiro atoms. The molecule has 1 aliphatic heterocycles. The SMILES string of the molecule is FC(F)(F)c1cc([C@@H]2CCCCN2)ccc1Cl. The van der Waals surface area contributed by atoms with Crippen LogP contribution in [-0.4, -0.2) is 6.54 Å². The lowest BCUT2D eigenvalue weighted by atomic mass is 9.96. The number of halogens is 4. The molecule has 0 amide bonds. The molecule has 2 rings (SSSR count). The average Bonchev–Trinajstić information content (AvgIpc) is 2.29. The van der Waals surface area contributed by atoms with Gasteiger partial charge in [0.05, 0.1) is 10.6 Å². The van der Waals surface area contributed by atoms with E-state index in [0.29, 0.717) is 5.56 Å². The minimum absolute atomic E-state index is 0.0158. The van der Waals surface area contributed by atoms with Gasteiger partial charge in [0, 0.05) is 6.04 Å². The highest BCUT2D eigenvalue weighted by Crippen LogP contribution is 2.37. The van der Waals surface area contributed by atoms with Crippen LogP contribution in [0, 0.1) is 0 Å². The molecule has 0 saturated carbocycles. The summed E-state index contributed by atoms with van der Waals surface area (Å²) >= 11 is 5.58. The van der Waals surface area contributed by atoms with Crippen molar-refractivity contribution < 1.29 is 13.2 Å². The molecule has 1 aromatic rings. The third kappa shape index (κ3) is 2.93. The zero-order valence-corrected chi connectivity index (χ0v) is 9.91. The minimum atomic E-state index is -4.39. The molecule has 1 atom stereocenters. The summed E-state index contributed by atoms with van der Waals surface area (Å²) in [7, 11) is 0. The molecule has 0 aliphatic carbocycles. The lowest BCUT2D eigenvalue weighted by Gasteiger charge is -2.24. The van der Waals surface area contributed by atoms with Gasteiger partial charge in [-0.15, -0.1) is 0 Å². The molecule has 1 heterocycles. The van der Waals surface area contributed by atoms with E-state index in [9.17, 15) is 13.2 Å². The summed E-state index contributed by atoms with van der Waals surface area (Å²) in [4.78, 5) is 0. The van der Waals surface area contributed by atoms with Crippen molar-refractivity contribution in [1.29, 1.82) is 0 Å². The van der Waals surface area contributed by atoms with E-state index >= 15 is 0 Å². The Morgan fingerprint density at radius 3 is 2.59 bits per heavy atom. The minimum Gasteiger partial charge on any atom is -0.310 e. The van der Waals surface area contributed by atoms with Gasteiger partial charge in [0.15, 0.2) is 0 Å². The second-order valence-corrected chi connectivity index (χ2v) is 4.65. The summed E-state index contributed by atoms with van der Waals surface area (Å²) in [5, 5.41) is 2.98. The third-order valence-electron chi connectivity index (χ3n) is 3.01. The van der Waals surface area contributed by atoms with Crippen molar-refractivity contribution in [3.63, 3.8) is 0 Å². The van der Waals surface area contributed by atoms with Crippen LogP contribution >= 0.6 is 11.6 Å². The van der Waals surface area contributed by atoms with Crippen LogP contribution in [0.1, 0.15) is 36.4 Å². The van der Waals surface area contributed by atoms with Crippen LogP contribution in [0.15, 0.2) is 18.2 Å². The lowest BCUT2D eigenvalue weighted by Crippen LogP contribution is -2.27. The molecule has 17 heavy (non-hydrogen) atoms. The van der Waals surface area contributed by atoms with E-state index in [4.69, 9.17) is 11.6 Å². The monoisotopic (exact) mass is 263 g/mol. The van der Waals surface area contributed by atoms with Gasteiger partial charge in [-0.05, 0) is 37.1 Å².